The van der Waals surface area contributed by atoms with Gasteiger partial charge in [0.2, 0.25) is 5.16 Å². The summed E-state index contributed by atoms with van der Waals surface area (Å²) in [6.07, 6.45) is 0. The van der Waals surface area contributed by atoms with Crippen molar-refractivity contribution in [3.8, 4) is 5.69 Å². The van der Waals surface area contributed by atoms with Crippen LogP contribution < -0.4 is 0 Å². The number of nitro benzene ring substituents is 1. The molecule has 7 nitrogen and oxygen atoms in total. The van der Waals surface area contributed by atoms with Crippen LogP contribution in [0.3, 0.4) is 0 Å². The molecule has 0 saturated heterocycles. The van der Waals surface area contributed by atoms with E-state index in [4.69, 9.17) is 0 Å². The summed E-state index contributed by atoms with van der Waals surface area (Å²) in [4.78, 5) is 10.5. The maximum atomic E-state index is 10.9. The minimum atomic E-state index is -0.391. The highest BCUT2D eigenvalue weighted by Gasteiger charge is 2.16. The highest BCUT2D eigenvalue weighted by molar-refractivity contribution is 7.99. The first-order valence-electron chi connectivity index (χ1n) is 7.31. The summed E-state index contributed by atoms with van der Waals surface area (Å²) >= 11 is 1.46. The van der Waals surface area contributed by atoms with E-state index >= 15 is 0 Å². The van der Waals surface area contributed by atoms with Crippen molar-refractivity contribution < 1.29 is 4.92 Å². The van der Waals surface area contributed by atoms with Crippen molar-refractivity contribution in [2.24, 2.45) is 0 Å². The summed E-state index contributed by atoms with van der Waals surface area (Å²) in [5.74, 6) is 0. The maximum Gasteiger partial charge on any atom is 0.269 e. The number of tetrazole rings is 1. The lowest BCUT2D eigenvalue weighted by Gasteiger charge is -2.11. The highest BCUT2D eigenvalue weighted by atomic mass is 32.2. The molecule has 122 valence electrons. The minimum Gasteiger partial charge on any atom is -0.258 e. The average Bonchev–Trinajstić information content (AvgIpc) is 3.03. The third kappa shape index (κ3) is 3.43. The zero-order valence-electron chi connectivity index (χ0n) is 13.2. The quantitative estimate of drug-likeness (QED) is 0.399. The Morgan fingerprint density at radius 1 is 1.21 bits per heavy atom. The van der Waals surface area contributed by atoms with Crippen LogP contribution in [0.5, 0.6) is 0 Å². The van der Waals surface area contributed by atoms with Crippen molar-refractivity contribution in [3.05, 3.63) is 69.8 Å². The topological polar surface area (TPSA) is 86.7 Å². The van der Waals surface area contributed by atoms with Gasteiger partial charge in [-0.15, -0.1) is 5.10 Å². The molecule has 3 rings (SSSR count). The number of rotatable bonds is 5. The van der Waals surface area contributed by atoms with E-state index in [2.05, 4.69) is 15.5 Å². The number of thioether (sulfide) groups is 1. The molecule has 0 aliphatic rings. The Hall–Kier alpha value is -2.74. The Bertz CT molecular complexity index is 880. The number of aromatic nitrogens is 4. The Balaban J connectivity index is 1.86. The van der Waals surface area contributed by atoms with E-state index in [0.29, 0.717) is 5.16 Å². The molecule has 8 heteroatoms. The van der Waals surface area contributed by atoms with E-state index in [9.17, 15) is 10.1 Å². The van der Waals surface area contributed by atoms with Gasteiger partial charge in [0.15, 0.2) is 0 Å². The van der Waals surface area contributed by atoms with Crippen molar-refractivity contribution in [1.29, 1.82) is 0 Å². The van der Waals surface area contributed by atoms with Gasteiger partial charge in [-0.05, 0) is 47.5 Å². The molecular formula is C16H15N5O2S. The van der Waals surface area contributed by atoms with Crippen LogP contribution in [0.1, 0.15) is 23.3 Å². The molecule has 0 aliphatic carbocycles. The van der Waals surface area contributed by atoms with Crippen molar-refractivity contribution in [1.82, 2.24) is 20.2 Å². The van der Waals surface area contributed by atoms with Gasteiger partial charge in [0, 0.05) is 17.4 Å². The lowest BCUT2D eigenvalue weighted by atomic mass is 10.1. The van der Waals surface area contributed by atoms with Gasteiger partial charge in [-0.1, -0.05) is 36.0 Å². The van der Waals surface area contributed by atoms with Crippen LogP contribution >= 0.6 is 11.8 Å². The van der Waals surface area contributed by atoms with Gasteiger partial charge in [-0.3, -0.25) is 10.1 Å². The third-order valence-corrected chi connectivity index (χ3v) is 4.61. The molecule has 1 atom stereocenters. The lowest BCUT2D eigenvalue weighted by molar-refractivity contribution is -0.384. The third-order valence-electron chi connectivity index (χ3n) is 3.52. The molecule has 3 aromatic rings. The predicted molar refractivity (Wildman–Crippen MR) is 91.3 cm³/mol. The molecule has 1 aromatic heterocycles. The number of aryl methyl sites for hydroxylation is 1. The molecule has 0 N–H and O–H groups in total. The first-order valence-corrected chi connectivity index (χ1v) is 8.19. The molecule has 24 heavy (non-hydrogen) atoms. The van der Waals surface area contributed by atoms with Crippen LogP contribution in [0.4, 0.5) is 5.69 Å². The molecule has 0 amide bonds. The summed E-state index contributed by atoms with van der Waals surface area (Å²) in [6, 6.07) is 14.5. The Kier molecular flexibility index (Phi) is 4.57. The maximum absolute atomic E-state index is 10.9. The molecular weight excluding hydrogens is 326 g/mol. The Labute approximate surface area is 142 Å². The number of benzene rings is 2. The van der Waals surface area contributed by atoms with E-state index in [1.54, 1.807) is 16.8 Å². The molecule has 0 spiro atoms. The second-order valence-corrected chi connectivity index (χ2v) is 6.63. The summed E-state index contributed by atoms with van der Waals surface area (Å²) in [7, 11) is 0. The summed E-state index contributed by atoms with van der Waals surface area (Å²) in [6.45, 7) is 3.98. The number of non-ortho nitro benzene ring substituents is 1. The predicted octanol–water partition coefficient (Wildman–Crippen LogP) is 3.73. The normalized spacial score (nSPS) is 12.1. The smallest absolute Gasteiger partial charge is 0.258 e. The average molecular weight is 341 g/mol. The van der Waals surface area contributed by atoms with Gasteiger partial charge in [-0.25, -0.2) is 0 Å². The van der Waals surface area contributed by atoms with Gasteiger partial charge >= 0.3 is 0 Å². The molecule has 0 aliphatic heterocycles. The first kappa shape index (κ1) is 16.1. The van der Waals surface area contributed by atoms with Crippen LogP contribution in [0.2, 0.25) is 0 Å². The van der Waals surface area contributed by atoms with E-state index in [1.807, 2.05) is 44.2 Å². The largest absolute Gasteiger partial charge is 0.269 e. The molecule has 0 radical (unpaired) electrons. The zero-order chi connectivity index (χ0) is 17.1. The van der Waals surface area contributed by atoms with E-state index in [1.165, 1.54) is 17.8 Å². The van der Waals surface area contributed by atoms with Gasteiger partial charge in [0.05, 0.1) is 10.6 Å². The van der Waals surface area contributed by atoms with E-state index in [0.717, 1.165) is 16.8 Å². The number of hydrogen-bond acceptors (Lipinski definition) is 6. The van der Waals surface area contributed by atoms with Crippen LogP contribution in [-0.2, 0) is 0 Å². The summed E-state index contributed by atoms with van der Waals surface area (Å²) < 4.78 is 1.67. The van der Waals surface area contributed by atoms with Crippen molar-refractivity contribution in [3.63, 3.8) is 0 Å². The lowest BCUT2D eigenvalue weighted by Crippen LogP contribution is -2.01. The molecule has 0 saturated carbocycles. The fourth-order valence-corrected chi connectivity index (χ4v) is 3.22. The second-order valence-electron chi connectivity index (χ2n) is 5.32. The number of hydrogen-bond donors (Lipinski definition) is 0. The van der Waals surface area contributed by atoms with Crippen LogP contribution in [-0.4, -0.2) is 25.1 Å². The number of nitro groups is 1. The van der Waals surface area contributed by atoms with Crippen molar-refractivity contribution >= 4 is 17.4 Å². The fourth-order valence-electron chi connectivity index (χ4n) is 2.29. The second kappa shape index (κ2) is 6.79. The van der Waals surface area contributed by atoms with Gasteiger partial charge in [0.25, 0.3) is 5.69 Å². The molecule has 1 heterocycles. The van der Waals surface area contributed by atoms with Gasteiger partial charge in [0.1, 0.15) is 0 Å². The molecule has 1 unspecified atom stereocenters. The molecule has 0 fully saturated rings. The van der Waals surface area contributed by atoms with Crippen LogP contribution in [0, 0.1) is 17.0 Å². The van der Waals surface area contributed by atoms with Gasteiger partial charge < -0.3 is 0 Å². The Morgan fingerprint density at radius 3 is 2.75 bits per heavy atom. The highest BCUT2D eigenvalue weighted by Crippen LogP contribution is 2.35. The molecule has 0 bridgehead atoms. The monoisotopic (exact) mass is 341 g/mol. The minimum absolute atomic E-state index is 0.0283. The van der Waals surface area contributed by atoms with Crippen LogP contribution in [0.25, 0.3) is 5.69 Å². The standard InChI is InChI=1S/C16H15N5O2S/c1-11-5-3-7-14(9-11)20-16(17-18-19-20)24-12(2)13-6-4-8-15(10-13)21(22)23/h3-10,12H,1-2H3. The summed E-state index contributed by atoms with van der Waals surface area (Å²) in [5.41, 5.74) is 2.94. The van der Waals surface area contributed by atoms with Crippen molar-refractivity contribution in [2.45, 2.75) is 24.3 Å². The molecule has 2 aromatic carbocycles. The summed E-state index contributed by atoms with van der Waals surface area (Å²) in [5, 5.41) is 23.4. The number of nitrogens with zero attached hydrogens (tertiary/aromatic N) is 5. The van der Waals surface area contributed by atoms with E-state index in [-0.39, 0.29) is 10.9 Å². The van der Waals surface area contributed by atoms with E-state index < -0.39 is 4.92 Å². The Morgan fingerprint density at radius 2 is 2.00 bits per heavy atom. The van der Waals surface area contributed by atoms with Crippen LogP contribution in [0.15, 0.2) is 53.7 Å². The SMILES string of the molecule is Cc1cccc(-n2nnnc2SC(C)c2cccc([N+](=O)[O-])c2)c1. The first-order chi connectivity index (χ1) is 11.5. The zero-order valence-corrected chi connectivity index (χ0v) is 14.0. The van der Waals surface area contributed by atoms with Crippen molar-refractivity contribution in [2.75, 3.05) is 0 Å². The van der Waals surface area contributed by atoms with Gasteiger partial charge in [-0.2, -0.15) is 4.68 Å². The fraction of sp³-hybridized carbons (Fsp3) is 0.188.